The minimum atomic E-state index is 0.817. The summed E-state index contributed by atoms with van der Waals surface area (Å²) in [7, 11) is 0. The predicted octanol–water partition coefficient (Wildman–Crippen LogP) is 2.99. The van der Waals surface area contributed by atoms with E-state index >= 15 is 0 Å². The summed E-state index contributed by atoms with van der Waals surface area (Å²) < 4.78 is 6.70. The van der Waals surface area contributed by atoms with Crippen molar-refractivity contribution >= 4 is 16.9 Å². The number of pyridine rings is 2. The second-order valence-electron chi connectivity index (χ2n) is 6.28. The molecule has 0 radical (unpaired) electrons. The van der Waals surface area contributed by atoms with Gasteiger partial charge in [0, 0.05) is 11.8 Å². The second-order valence-corrected chi connectivity index (χ2v) is 6.28. The average Bonchev–Trinajstić information content (AvgIpc) is 3.29. The predicted molar refractivity (Wildman–Crippen MR) is 94.6 cm³/mol. The number of para-hydroxylation sites is 1. The van der Waals surface area contributed by atoms with E-state index < -0.39 is 0 Å². The number of rotatable bonds is 1. The van der Waals surface area contributed by atoms with Crippen molar-refractivity contribution in [1.29, 1.82) is 0 Å². The van der Waals surface area contributed by atoms with E-state index in [1.54, 1.807) is 0 Å². The van der Waals surface area contributed by atoms with Gasteiger partial charge in [0.1, 0.15) is 11.4 Å². The van der Waals surface area contributed by atoms with Crippen molar-refractivity contribution in [2.45, 2.75) is 6.54 Å². The molecule has 5 heterocycles. The van der Waals surface area contributed by atoms with Crippen molar-refractivity contribution < 1.29 is 4.57 Å². The summed E-state index contributed by atoms with van der Waals surface area (Å²) in [5, 5.41) is 0. The van der Waals surface area contributed by atoms with E-state index in [9.17, 15) is 0 Å². The van der Waals surface area contributed by atoms with Gasteiger partial charge in [-0.15, -0.1) is 0 Å². The highest BCUT2D eigenvalue weighted by Gasteiger charge is 2.36. The molecular formula is C20H14N5+. The molecule has 1 aliphatic rings. The standard InChI is InChI=1S/C20H14N5/c1-2-8-15(9-3-1)25-18-20(23-12-5-4-10-16(23)22-18)24-13-14-7-6-11-21-17(14)19(24)25/h1-12H,13H2/q+1. The lowest BCUT2D eigenvalue weighted by Crippen LogP contribution is -2.32. The molecule has 5 aromatic rings. The van der Waals surface area contributed by atoms with Crippen molar-refractivity contribution in [1.82, 2.24) is 18.9 Å². The fraction of sp³-hybridized carbons (Fsp3) is 0.0500. The Hall–Kier alpha value is -3.47. The first-order valence-electron chi connectivity index (χ1n) is 8.33. The topological polar surface area (TPSA) is 39.0 Å². The SMILES string of the molecule is c1ccc(-n2c3[n+](c4c2nc2ccccn24)Cc2cccnc2-3)cc1. The molecule has 0 aliphatic carbocycles. The highest BCUT2D eigenvalue weighted by molar-refractivity contribution is 5.78. The molecule has 0 N–H and O–H groups in total. The van der Waals surface area contributed by atoms with Gasteiger partial charge in [0.25, 0.3) is 17.1 Å². The van der Waals surface area contributed by atoms with Gasteiger partial charge in [-0.3, -0.25) is 0 Å². The quantitative estimate of drug-likeness (QED) is 0.436. The van der Waals surface area contributed by atoms with Gasteiger partial charge in [0.2, 0.25) is 0 Å². The summed E-state index contributed by atoms with van der Waals surface area (Å²) in [6.45, 7) is 0.817. The van der Waals surface area contributed by atoms with Crippen molar-refractivity contribution in [2.24, 2.45) is 0 Å². The molecule has 6 rings (SSSR count). The molecule has 0 fully saturated rings. The number of imidazole rings is 2. The Morgan fingerprint density at radius 1 is 0.920 bits per heavy atom. The fourth-order valence-corrected chi connectivity index (χ4v) is 3.84. The lowest BCUT2D eigenvalue weighted by molar-refractivity contribution is -0.648. The number of fused-ring (bicyclic) bond motifs is 7. The van der Waals surface area contributed by atoms with Crippen LogP contribution >= 0.6 is 0 Å². The third-order valence-electron chi connectivity index (χ3n) is 4.87. The zero-order valence-corrected chi connectivity index (χ0v) is 13.4. The van der Waals surface area contributed by atoms with Crippen LogP contribution in [0.15, 0.2) is 73.1 Å². The largest absolute Gasteiger partial charge is 0.295 e. The van der Waals surface area contributed by atoms with E-state index in [2.05, 4.69) is 55.0 Å². The number of hydrogen-bond acceptors (Lipinski definition) is 2. The van der Waals surface area contributed by atoms with Crippen LogP contribution in [0.1, 0.15) is 5.56 Å². The van der Waals surface area contributed by atoms with Crippen LogP contribution < -0.4 is 4.57 Å². The Bertz CT molecular complexity index is 1260. The van der Waals surface area contributed by atoms with E-state index in [0.29, 0.717) is 0 Å². The average molecular weight is 324 g/mol. The van der Waals surface area contributed by atoms with Gasteiger partial charge in [-0.05, 0) is 30.3 Å². The first-order valence-corrected chi connectivity index (χ1v) is 8.33. The molecule has 5 nitrogen and oxygen atoms in total. The zero-order chi connectivity index (χ0) is 16.4. The summed E-state index contributed by atoms with van der Waals surface area (Å²) >= 11 is 0. The maximum atomic E-state index is 4.91. The number of benzene rings is 1. The molecule has 0 saturated carbocycles. The normalized spacial score (nSPS) is 12.6. The van der Waals surface area contributed by atoms with Crippen LogP contribution in [0.2, 0.25) is 0 Å². The molecule has 1 aromatic carbocycles. The van der Waals surface area contributed by atoms with Crippen molar-refractivity contribution in [3.8, 4) is 17.2 Å². The van der Waals surface area contributed by atoms with Gasteiger partial charge in [-0.1, -0.05) is 30.3 Å². The molecule has 0 atom stereocenters. The van der Waals surface area contributed by atoms with Crippen LogP contribution in [0.3, 0.4) is 0 Å². The Kier molecular flexibility index (Phi) is 2.34. The van der Waals surface area contributed by atoms with Gasteiger partial charge in [0.15, 0.2) is 5.65 Å². The van der Waals surface area contributed by atoms with Crippen LogP contribution in [0.25, 0.3) is 34.1 Å². The van der Waals surface area contributed by atoms with E-state index in [4.69, 9.17) is 4.98 Å². The van der Waals surface area contributed by atoms with Crippen molar-refractivity contribution in [3.63, 3.8) is 0 Å². The molecule has 0 amide bonds. The Morgan fingerprint density at radius 3 is 2.72 bits per heavy atom. The highest BCUT2D eigenvalue weighted by atomic mass is 15.3. The van der Waals surface area contributed by atoms with Gasteiger partial charge in [-0.2, -0.15) is 4.98 Å². The van der Waals surface area contributed by atoms with Gasteiger partial charge in [0.05, 0.1) is 12.7 Å². The molecule has 4 aromatic heterocycles. The number of nitrogens with zero attached hydrogens (tertiary/aromatic N) is 5. The lowest BCUT2D eigenvalue weighted by Gasteiger charge is -2.02. The molecule has 5 heteroatoms. The Morgan fingerprint density at radius 2 is 1.80 bits per heavy atom. The smallest absolute Gasteiger partial charge is 0.249 e. The van der Waals surface area contributed by atoms with E-state index in [1.165, 1.54) is 5.56 Å². The second kappa shape index (κ2) is 4.54. The van der Waals surface area contributed by atoms with Crippen LogP contribution in [-0.2, 0) is 6.54 Å². The van der Waals surface area contributed by atoms with Crippen LogP contribution in [0.5, 0.6) is 0 Å². The fourth-order valence-electron chi connectivity index (χ4n) is 3.84. The maximum absolute atomic E-state index is 4.91. The summed E-state index contributed by atoms with van der Waals surface area (Å²) in [4.78, 5) is 9.57. The molecule has 25 heavy (non-hydrogen) atoms. The lowest BCUT2D eigenvalue weighted by atomic mass is 10.2. The molecule has 0 spiro atoms. The first-order chi connectivity index (χ1) is 12.4. The maximum Gasteiger partial charge on any atom is 0.295 e. The Balaban J connectivity index is 1.83. The Labute approximate surface area is 143 Å². The molecule has 0 unspecified atom stereocenters. The van der Waals surface area contributed by atoms with E-state index in [0.717, 1.165) is 40.7 Å². The summed E-state index contributed by atoms with van der Waals surface area (Å²) in [5.41, 5.74) is 6.40. The van der Waals surface area contributed by atoms with Crippen molar-refractivity contribution in [2.75, 3.05) is 0 Å². The van der Waals surface area contributed by atoms with Crippen molar-refractivity contribution in [3.05, 3.63) is 78.6 Å². The van der Waals surface area contributed by atoms with Gasteiger partial charge >= 0.3 is 0 Å². The third-order valence-corrected chi connectivity index (χ3v) is 4.87. The summed E-state index contributed by atoms with van der Waals surface area (Å²) in [6, 6.07) is 20.7. The number of aromatic nitrogens is 5. The minimum Gasteiger partial charge on any atom is -0.249 e. The first kappa shape index (κ1) is 12.9. The van der Waals surface area contributed by atoms with E-state index in [1.807, 2.05) is 36.5 Å². The highest BCUT2D eigenvalue weighted by Crippen LogP contribution is 2.32. The third kappa shape index (κ3) is 1.59. The monoisotopic (exact) mass is 324 g/mol. The molecule has 1 aliphatic heterocycles. The molecular weight excluding hydrogens is 310 g/mol. The summed E-state index contributed by atoms with van der Waals surface area (Å²) in [6.07, 6.45) is 3.93. The van der Waals surface area contributed by atoms with Crippen LogP contribution in [-0.4, -0.2) is 18.9 Å². The van der Waals surface area contributed by atoms with Crippen LogP contribution in [0, 0.1) is 0 Å². The molecule has 0 bridgehead atoms. The summed E-state index contributed by atoms with van der Waals surface area (Å²) in [5.74, 6) is 1.09. The number of hydrogen-bond donors (Lipinski definition) is 0. The molecule has 118 valence electrons. The minimum absolute atomic E-state index is 0.817. The van der Waals surface area contributed by atoms with Gasteiger partial charge < -0.3 is 0 Å². The zero-order valence-electron chi connectivity index (χ0n) is 13.4. The van der Waals surface area contributed by atoms with Crippen LogP contribution in [0.4, 0.5) is 0 Å². The van der Waals surface area contributed by atoms with Gasteiger partial charge in [-0.25, -0.2) is 18.5 Å². The molecule has 0 saturated heterocycles. The van der Waals surface area contributed by atoms with E-state index in [-0.39, 0.29) is 0 Å².